The molecule has 41 heavy (non-hydrogen) atoms. The van der Waals surface area contributed by atoms with Crippen LogP contribution in [0.15, 0.2) is 35.4 Å². The van der Waals surface area contributed by atoms with E-state index in [9.17, 15) is 40.5 Å². The Bertz CT molecular complexity index is 1070. The van der Waals surface area contributed by atoms with Gasteiger partial charge in [0.2, 0.25) is 6.29 Å². The summed E-state index contributed by atoms with van der Waals surface area (Å²) in [5, 5.41) is 71.9. The molecule has 230 valence electrons. The number of aliphatic hydroxyl groups excluding tert-OH is 6. The zero-order valence-corrected chi connectivity index (χ0v) is 23.9. The smallest absolute Gasteiger partial charge is 0.335 e. The molecule has 2 aliphatic heterocycles. The van der Waals surface area contributed by atoms with E-state index in [0.29, 0.717) is 24.0 Å². The molecule has 1 aromatic rings. The Hall–Kier alpha value is -2.39. The van der Waals surface area contributed by atoms with E-state index in [-0.39, 0.29) is 11.3 Å². The first kappa shape index (κ1) is 33.1. The van der Waals surface area contributed by atoms with Crippen molar-refractivity contribution < 1.29 is 59.5 Å². The molecule has 1 aromatic carbocycles. The van der Waals surface area contributed by atoms with E-state index in [1.807, 2.05) is 39.8 Å². The van der Waals surface area contributed by atoms with Gasteiger partial charge in [-0.3, -0.25) is 0 Å². The predicted octanol–water partition coefficient (Wildman–Crippen LogP) is 0.433. The van der Waals surface area contributed by atoms with Gasteiger partial charge in [-0.25, -0.2) is 4.79 Å². The van der Waals surface area contributed by atoms with Crippen molar-refractivity contribution in [1.29, 1.82) is 0 Å². The molecule has 2 saturated heterocycles. The minimum absolute atomic E-state index is 0.0491. The fourth-order valence-corrected chi connectivity index (χ4v) is 4.65. The molecule has 10 atom stereocenters. The average molecular weight is 583 g/mol. The first-order valence-corrected chi connectivity index (χ1v) is 13.5. The largest absolute Gasteiger partial charge is 0.478 e. The Labute approximate surface area is 239 Å². The van der Waals surface area contributed by atoms with Gasteiger partial charge in [0.1, 0.15) is 42.4 Å². The lowest BCUT2D eigenvalue weighted by molar-refractivity contribution is -0.354. The van der Waals surface area contributed by atoms with Crippen LogP contribution in [0.3, 0.4) is 0 Å². The molecular formula is C29H42O12. The zero-order chi connectivity index (χ0) is 30.6. The molecule has 0 amide bonds. The van der Waals surface area contributed by atoms with Crippen molar-refractivity contribution in [3.05, 3.63) is 52.1 Å². The highest BCUT2D eigenvalue weighted by Gasteiger charge is 2.51. The van der Waals surface area contributed by atoms with Crippen molar-refractivity contribution >= 4 is 5.97 Å². The fourth-order valence-electron chi connectivity index (χ4n) is 4.65. The Morgan fingerprint density at radius 1 is 0.829 bits per heavy atom. The maximum Gasteiger partial charge on any atom is 0.335 e. The second-order valence-corrected chi connectivity index (χ2v) is 11.0. The molecule has 2 fully saturated rings. The number of rotatable bonds is 10. The minimum atomic E-state index is -1.71. The number of hydrogen-bond acceptors (Lipinski definition) is 11. The lowest BCUT2D eigenvalue weighted by Gasteiger charge is -2.45. The second kappa shape index (κ2) is 14.2. The summed E-state index contributed by atoms with van der Waals surface area (Å²) in [6, 6.07) is 2.95. The quantitative estimate of drug-likeness (QED) is 0.188. The number of ether oxygens (including phenoxy) is 4. The Morgan fingerprint density at radius 3 is 1.88 bits per heavy atom. The first-order valence-electron chi connectivity index (χ1n) is 13.5. The molecular weight excluding hydrogens is 540 g/mol. The summed E-state index contributed by atoms with van der Waals surface area (Å²) in [6.07, 6.45) is -10.4. The highest BCUT2D eigenvalue weighted by molar-refractivity contribution is 5.88. The summed E-state index contributed by atoms with van der Waals surface area (Å²) in [5.41, 5.74) is 3.03. The van der Waals surface area contributed by atoms with Crippen LogP contribution in [0.25, 0.3) is 0 Å². The highest BCUT2D eigenvalue weighted by atomic mass is 16.8. The molecule has 0 aromatic heterocycles. The molecule has 2 aliphatic rings. The molecule has 3 rings (SSSR count). The van der Waals surface area contributed by atoms with Crippen molar-refractivity contribution in [3.63, 3.8) is 0 Å². The summed E-state index contributed by atoms with van der Waals surface area (Å²) >= 11 is 0. The number of carbonyl (C=O) groups is 1. The van der Waals surface area contributed by atoms with E-state index >= 15 is 0 Å². The molecule has 0 aliphatic carbocycles. The van der Waals surface area contributed by atoms with Crippen molar-refractivity contribution in [1.82, 2.24) is 0 Å². The fraction of sp³-hybridized carbons (Fsp3) is 0.621. The molecule has 12 heteroatoms. The summed E-state index contributed by atoms with van der Waals surface area (Å²) in [4.78, 5) is 11.9. The lowest BCUT2D eigenvalue weighted by atomic mass is 9.96. The third-order valence-corrected chi connectivity index (χ3v) is 7.11. The van der Waals surface area contributed by atoms with Crippen LogP contribution in [-0.2, 0) is 27.1 Å². The zero-order valence-electron chi connectivity index (χ0n) is 23.9. The van der Waals surface area contributed by atoms with Crippen molar-refractivity contribution in [2.24, 2.45) is 0 Å². The second-order valence-electron chi connectivity index (χ2n) is 11.0. The number of hydrogen-bond donors (Lipinski definition) is 7. The molecule has 0 spiro atoms. The van der Waals surface area contributed by atoms with E-state index in [0.717, 1.165) is 11.1 Å². The number of aromatic carboxylic acids is 1. The van der Waals surface area contributed by atoms with Crippen molar-refractivity contribution in [3.8, 4) is 5.75 Å². The summed E-state index contributed by atoms with van der Waals surface area (Å²) in [6.45, 7) is 8.37. The summed E-state index contributed by atoms with van der Waals surface area (Å²) < 4.78 is 23.5. The van der Waals surface area contributed by atoms with E-state index in [1.165, 1.54) is 19.1 Å². The van der Waals surface area contributed by atoms with Gasteiger partial charge in [0, 0.05) is 0 Å². The van der Waals surface area contributed by atoms with Crippen molar-refractivity contribution in [2.45, 2.75) is 109 Å². The number of aliphatic hydroxyl groups is 6. The Morgan fingerprint density at radius 2 is 1.39 bits per heavy atom. The van der Waals surface area contributed by atoms with Gasteiger partial charge in [0.25, 0.3) is 0 Å². The number of carboxylic acids is 1. The standard InChI is InChI=1S/C29H42O12/c1-13(2)6-8-16-10-18(27(36)37)11-17(9-7-14(3)4)25(16)40-29-26(23(34)21(32)19(12-30)39-29)41-28-24(35)22(33)20(31)15(5)38-28/h6-7,10-11,15,19-24,26,28-35H,8-9,12H2,1-5H3,(H,36,37). The van der Waals surface area contributed by atoms with Crippen LogP contribution < -0.4 is 4.74 Å². The first-order chi connectivity index (χ1) is 19.2. The summed E-state index contributed by atoms with van der Waals surface area (Å²) in [7, 11) is 0. The minimum Gasteiger partial charge on any atom is -0.478 e. The van der Waals surface area contributed by atoms with Crippen LogP contribution in [0.1, 0.15) is 56.1 Å². The number of benzene rings is 1. The van der Waals surface area contributed by atoms with E-state index in [1.54, 1.807) is 0 Å². The summed E-state index contributed by atoms with van der Waals surface area (Å²) in [5.74, 6) is -0.862. The molecule has 12 nitrogen and oxygen atoms in total. The van der Waals surface area contributed by atoms with Crippen molar-refractivity contribution in [2.75, 3.05) is 6.61 Å². The number of allylic oxidation sites excluding steroid dienone is 4. The van der Waals surface area contributed by atoms with Gasteiger partial charge in [-0.15, -0.1) is 0 Å². The third kappa shape index (κ3) is 7.92. The molecule has 0 bridgehead atoms. The van der Waals surface area contributed by atoms with E-state index in [4.69, 9.17) is 18.9 Å². The van der Waals surface area contributed by atoms with Crippen LogP contribution in [0.5, 0.6) is 5.75 Å². The normalized spacial score (nSPS) is 33.6. The van der Waals surface area contributed by atoms with E-state index in [2.05, 4.69) is 0 Å². The maximum atomic E-state index is 11.9. The molecule has 2 heterocycles. The number of carboxylic acid groups (broad SMARTS) is 1. The van der Waals surface area contributed by atoms with Crippen LogP contribution in [-0.4, -0.2) is 110 Å². The van der Waals surface area contributed by atoms with E-state index < -0.39 is 74.0 Å². The predicted molar refractivity (Wildman–Crippen MR) is 145 cm³/mol. The SMILES string of the molecule is CC(C)=CCc1cc(C(=O)O)cc(CC=C(C)C)c1OC1OC(CO)C(O)C(O)C1OC1OC(C)C(O)C(O)C1O. The molecule has 0 saturated carbocycles. The van der Waals surface area contributed by atoms with Gasteiger partial charge in [0.05, 0.1) is 18.3 Å². The topological polar surface area (TPSA) is 196 Å². The highest BCUT2D eigenvalue weighted by Crippen LogP contribution is 2.35. The molecule has 10 unspecified atom stereocenters. The Balaban J connectivity index is 2.07. The monoisotopic (exact) mass is 582 g/mol. The van der Waals surface area contributed by atoms with Crippen LogP contribution in [0, 0.1) is 0 Å². The van der Waals surface area contributed by atoms with Gasteiger partial charge in [-0.05, 0) is 70.7 Å². The van der Waals surface area contributed by atoms with Gasteiger partial charge in [0.15, 0.2) is 12.4 Å². The Kier molecular flexibility index (Phi) is 11.5. The van der Waals surface area contributed by atoms with Gasteiger partial charge in [-0.1, -0.05) is 23.3 Å². The van der Waals surface area contributed by atoms with Gasteiger partial charge < -0.3 is 54.7 Å². The maximum absolute atomic E-state index is 11.9. The molecule has 7 N–H and O–H groups in total. The lowest BCUT2D eigenvalue weighted by Crippen LogP contribution is -2.64. The van der Waals surface area contributed by atoms with Crippen LogP contribution in [0.4, 0.5) is 0 Å². The average Bonchev–Trinajstić information content (AvgIpc) is 2.92. The van der Waals surface area contributed by atoms with Crippen LogP contribution in [0.2, 0.25) is 0 Å². The third-order valence-electron chi connectivity index (χ3n) is 7.11. The van der Waals surface area contributed by atoms with Gasteiger partial charge in [-0.2, -0.15) is 0 Å². The van der Waals surface area contributed by atoms with Crippen LogP contribution >= 0.6 is 0 Å². The van der Waals surface area contributed by atoms with Gasteiger partial charge >= 0.3 is 5.97 Å². The molecule has 0 radical (unpaired) electrons.